The average molecular weight is 336 g/mol. The van der Waals surface area contributed by atoms with Gasteiger partial charge in [0.25, 0.3) is 0 Å². The third-order valence-corrected chi connectivity index (χ3v) is 4.83. The topological polar surface area (TPSA) is 51.2 Å². The molecule has 0 aliphatic heterocycles. The normalized spacial score (nSPS) is 12.2. The van der Waals surface area contributed by atoms with Crippen LogP contribution < -0.4 is 5.32 Å². The van der Waals surface area contributed by atoms with Crippen molar-refractivity contribution in [2.45, 2.75) is 32.7 Å². The molecule has 1 aromatic carbocycles. The summed E-state index contributed by atoms with van der Waals surface area (Å²) in [7, 11) is 1.62. The number of amides is 1. The molecule has 23 heavy (non-hydrogen) atoms. The molecular formula is C17H21FN2O2S. The van der Waals surface area contributed by atoms with E-state index in [-0.39, 0.29) is 17.8 Å². The summed E-state index contributed by atoms with van der Waals surface area (Å²) >= 11 is 1.41. The number of rotatable bonds is 7. The van der Waals surface area contributed by atoms with E-state index in [1.165, 1.54) is 17.4 Å². The largest absolute Gasteiger partial charge is 0.385 e. The van der Waals surface area contributed by atoms with Gasteiger partial charge in [0, 0.05) is 25.7 Å². The summed E-state index contributed by atoms with van der Waals surface area (Å²) in [6.07, 6.45) is 1.12. The smallest absolute Gasteiger partial charge is 0.220 e. The lowest BCUT2D eigenvalue weighted by molar-refractivity contribution is -0.122. The molecule has 1 amide bonds. The highest BCUT2D eigenvalue weighted by atomic mass is 32.1. The molecule has 2 rings (SSSR count). The summed E-state index contributed by atoms with van der Waals surface area (Å²) < 4.78 is 18.8. The molecule has 0 fully saturated rings. The van der Waals surface area contributed by atoms with Gasteiger partial charge in [-0.1, -0.05) is 12.1 Å². The first-order chi connectivity index (χ1) is 11.0. The number of hydrogen-bond donors (Lipinski definition) is 1. The monoisotopic (exact) mass is 336 g/mol. The van der Waals surface area contributed by atoms with E-state index >= 15 is 0 Å². The van der Waals surface area contributed by atoms with Gasteiger partial charge in [-0.15, -0.1) is 11.3 Å². The first-order valence-corrected chi connectivity index (χ1v) is 8.35. The van der Waals surface area contributed by atoms with E-state index in [1.807, 2.05) is 13.8 Å². The number of benzene rings is 1. The minimum atomic E-state index is -0.288. The van der Waals surface area contributed by atoms with Crippen molar-refractivity contribution in [3.63, 3.8) is 0 Å². The predicted molar refractivity (Wildman–Crippen MR) is 89.9 cm³/mol. The highest BCUT2D eigenvalue weighted by Crippen LogP contribution is 2.32. The molecule has 124 valence electrons. The van der Waals surface area contributed by atoms with Gasteiger partial charge in [0.1, 0.15) is 10.8 Å². The van der Waals surface area contributed by atoms with Gasteiger partial charge in [-0.3, -0.25) is 4.79 Å². The molecule has 0 aliphatic rings. The van der Waals surface area contributed by atoms with Crippen molar-refractivity contribution in [2.24, 2.45) is 0 Å². The number of carbonyl (C=O) groups excluding carboxylic acids is 1. The van der Waals surface area contributed by atoms with Gasteiger partial charge in [0.05, 0.1) is 16.6 Å². The number of halogens is 1. The maximum atomic E-state index is 13.9. The van der Waals surface area contributed by atoms with Gasteiger partial charge >= 0.3 is 0 Å². The molecule has 0 aliphatic carbocycles. The molecule has 0 saturated heterocycles. The lowest BCUT2D eigenvalue weighted by Crippen LogP contribution is -2.26. The third-order valence-electron chi connectivity index (χ3n) is 3.46. The molecule has 1 N–H and O–H groups in total. The van der Waals surface area contributed by atoms with Crippen LogP contribution in [0, 0.1) is 12.7 Å². The van der Waals surface area contributed by atoms with Gasteiger partial charge in [-0.25, -0.2) is 9.37 Å². The van der Waals surface area contributed by atoms with Crippen LogP contribution >= 0.6 is 11.3 Å². The second-order valence-electron chi connectivity index (χ2n) is 5.33. The summed E-state index contributed by atoms with van der Waals surface area (Å²) in [5.74, 6) is -0.307. The van der Waals surface area contributed by atoms with Gasteiger partial charge in [0.15, 0.2) is 0 Å². The first-order valence-electron chi connectivity index (χ1n) is 7.53. The molecule has 0 radical (unpaired) electrons. The molecule has 0 spiro atoms. The van der Waals surface area contributed by atoms with Gasteiger partial charge < -0.3 is 10.1 Å². The van der Waals surface area contributed by atoms with Crippen LogP contribution in [0.3, 0.4) is 0 Å². The molecule has 1 atom stereocenters. The van der Waals surface area contributed by atoms with E-state index in [1.54, 1.807) is 25.3 Å². The van der Waals surface area contributed by atoms with E-state index in [2.05, 4.69) is 10.3 Å². The zero-order valence-electron chi connectivity index (χ0n) is 13.6. The van der Waals surface area contributed by atoms with E-state index in [0.29, 0.717) is 30.0 Å². The third kappa shape index (κ3) is 4.59. The number of aryl methyl sites for hydroxylation is 1. The first kappa shape index (κ1) is 17.6. The quantitative estimate of drug-likeness (QED) is 0.781. The fraction of sp³-hybridized carbons (Fsp3) is 0.412. The van der Waals surface area contributed by atoms with Crippen LogP contribution in [0.5, 0.6) is 0 Å². The Labute approximate surface area is 139 Å². The average Bonchev–Trinajstić information content (AvgIpc) is 2.90. The SMILES string of the molecule is COCCCC(=O)N[C@H](C)c1sc(-c2ccccc2F)nc1C. The second kappa shape index (κ2) is 8.17. The zero-order chi connectivity index (χ0) is 16.8. The number of thiazole rings is 1. The Kier molecular flexibility index (Phi) is 6.24. The maximum Gasteiger partial charge on any atom is 0.220 e. The molecule has 1 heterocycles. The highest BCUT2D eigenvalue weighted by molar-refractivity contribution is 7.15. The number of hydrogen-bond acceptors (Lipinski definition) is 4. The number of nitrogens with zero attached hydrogens (tertiary/aromatic N) is 1. The highest BCUT2D eigenvalue weighted by Gasteiger charge is 2.18. The van der Waals surface area contributed by atoms with E-state index in [9.17, 15) is 9.18 Å². The van der Waals surface area contributed by atoms with Gasteiger partial charge in [-0.05, 0) is 32.4 Å². The van der Waals surface area contributed by atoms with Crippen LogP contribution in [-0.2, 0) is 9.53 Å². The van der Waals surface area contributed by atoms with Crippen LogP contribution in [-0.4, -0.2) is 24.6 Å². The fourth-order valence-electron chi connectivity index (χ4n) is 2.32. The fourth-order valence-corrected chi connectivity index (χ4v) is 3.41. The van der Waals surface area contributed by atoms with Crippen molar-refractivity contribution < 1.29 is 13.9 Å². The molecule has 6 heteroatoms. The number of ether oxygens (including phenoxy) is 1. The summed E-state index contributed by atoms with van der Waals surface area (Å²) in [5, 5.41) is 3.59. The molecule has 1 aromatic heterocycles. The Balaban J connectivity index is 2.09. The number of carbonyl (C=O) groups is 1. The maximum absolute atomic E-state index is 13.9. The van der Waals surface area contributed by atoms with Crippen LogP contribution in [0.1, 0.15) is 36.4 Å². The van der Waals surface area contributed by atoms with E-state index < -0.39 is 0 Å². The van der Waals surface area contributed by atoms with E-state index in [4.69, 9.17) is 4.74 Å². The van der Waals surface area contributed by atoms with Crippen LogP contribution in [0.15, 0.2) is 24.3 Å². The van der Waals surface area contributed by atoms with Crippen molar-refractivity contribution in [3.05, 3.63) is 40.7 Å². The second-order valence-corrected chi connectivity index (χ2v) is 6.36. The Morgan fingerprint density at radius 2 is 2.17 bits per heavy atom. The Bertz CT molecular complexity index is 672. The Hall–Kier alpha value is -1.79. The zero-order valence-corrected chi connectivity index (χ0v) is 14.4. The molecule has 4 nitrogen and oxygen atoms in total. The van der Waals surface area contributed by atoms with Crippen molar-refractivity contribution >= 4 is 17.2 Å². The summed E-state index contributed by atoms with van der Waals surface area (Å²) in [6.45, 7) is 4.36. The standard InChI is InChI=1S/C17H21FN2O2S/c1-11(19-15(21)9-6-10-22-3)16-12(2)20-17(23-16)13-7-4-5-8-14(13)18/h4-5,7-8,11H,6,9-10H2,1-3H3,(H,19,21)/t11-/m1/s1. The lowest BCUT2D eigenvalue weighted by atomic mass is 10.2. The minimum Gasteiger partial charge on any atom is -0.385 e. The van der Waals surface area contributed by atoms with E-state index in [0.717, 1.165) is 10.6 Å². The van der Waals surface area contributed by atoms with Gasteiger partial charge in [-0.2, -0.15) is 0 Å². The van der Waals surface area contributed by atoms with Crippen molar-refractivity contribution in [1.29, 1.82) is 0 Å². The number of nitrogens with one attached hydrogen (secondary N) is 1. The Morgan fingerprint density at radius 1 is 1.43 bits per heavy atom. The van der Waals surface area contributed by atoms with Gasteiger partial charge in [0.2, 0.25) is 5.91 Å². The van der Waals surface area contributed by atoms with Crippen LogP contribution in [0.2, 0.25) is 0 Å². The number of aromatic nitrogens is 1. The molecule has 0 bridgehead atoms. The predicted octanol–water partition coefficient (Wildman–Crippen LogP) is 3.86. The molecular weight excluding hydrogens is 315 g/mol. The molecule has 0 saturated carbocycles. The minimum absolute atomic E-state index is 0.0187. The van der Waals surface area contributed by atoms with Crippen molar-refractivity contribution in [1.82, 2.24) is 10.3 Å². The summed E-state index contributed by atoms with van der Waals surface area (Å²) in [4.78, 5) is 17.3. The summed E-state index contributed by atoms with van der Waals surface area (Å²) in [6, 6.07) is 6.43. The lowest BCUT2D eigenvalue weighted by Gasteiger charge is -2.12. The molecule has 0 unspecified atom stereocenters. The number of methoxy groups -OCH3 is 1. The molecule has 2 aromatic rings. The van der Waals surface area contributed by atoms with Crippen LogP contribution in [0.25, 0.3) is 10.6 Å². The van der Waals surface area contributed by atoms with Crippen molar-refractivity contribution in [2.75, 3.05) is 13.7 Å². The summed E-state index contributed by atoms with van der Waals surface area (Å²) in [5.41, 5.74) is 1.31. The Morgan fingerprint density at radius 3 is 2.87 bits per heavy atom. The van der Waals surface area contributed by atoms with Crippen LogP contribution in [0.4, 0.5) is 4.39 Å². The van der Waals surface area contributed by atoms with Crippen molar-refractivity contribution in [3.8, 4) is 10.6 Å².